The highest BCUT2D eigenvalue weighted by Crippen LogP contribution is 2.20. The Bertz CT molecular complexity index is 869. The molecule has 3 aromatic carbocycles. The van der Waals surface area contributed by atoms with E-state index in [9.17, 15) is 0 Å². The Kier molecular flexibility index (Phi) is 35.7. The van der Waals surface area contributed by atoms with Crippen molar-refractivity contribution in [3.8, 4) is 0 Å². The number of unbranched alkanes of at least 4 members (excludes halogenated alkanes) is 6. The molecule has 5 heteroatoms. The van der Waals surface area contributed by atoms with E-state index in [0.717, 1.165) is 17.1 Å². The number of nitrogen functional groups attached to an aromatic ring is 1. The standard InChI is InChI=1S/C20H28N2.C8H18.C6H7N.2CH3B.CH4/c1-3-5-10-17(9-4-2)21-19-13-15-20(16-14-19)22-18-11-7-6-8-12-18;1-3-5-7-8-6-4-2;7-6-4-2-1-3-5-6;2*1-2;/h6-8,11-17,21-22H,3-5,9-10H2,1-2H3;3-8H2,1-2H3;1-5H,7H2;2*1H3;1H4. The fourth-order valence-corrected chi connectivity index (χ4v) is 3.97. The van der Waals surface area contributed by atoms with Crippen molar-refractivity contribution >= 4 is 38.4 Å². The molecule has 0 bridgehead atoms. The molecular weight excluding hydrogens is 508 g/mol. The zero-order chi connectivity index (χ0) is 31.0. The molecule has 232 valence electrons. The fraction of sp³-hybridized carbons (Fsp3) is 0.514. The zero-order valence-electron chi connectivity index (χ0n) is 27.2. The zero-order valence-corrected chi connectivity index (χ0v) is 27.2. The van der Waals surface area contributed by atoms with Gasteiger partial charge in [-0.25, -0.2) is 0 Å². The van der Waals surface area contributed by atoms with Crippen molar-refractivity contribution in [3.63, 3.8) is 0 Å². The minimum Gasteiger partial charge on any atom is -0.399 e. The molecule has 0 spiro atoms. The van der Waals surface area contributed by atoms with E-state index in [-0.39, 0.29) is 7.43 Å². The third kappa shape index (κ3) is 26.1. The van der Waals surface area contributed by atoms with E-state index in [1.807, 2.05) is 48.5 Å². The first-order chi connectivity index (χ1) is 20.1. The molecule has 0 aliphatic carbocycles. The number of hydrogen-bond donors (Lipinski definition) is 3. The first kappa shape index (κ1) is 43.6. The maximum Gasteiger partial charge on any atom is 0.0606 e. The van der Waals surface area contributed by atoms with Crippen LogP contribution in [0.5, 0.6) is 0 Å². The number of hydrogen-bond acceptors (Lipinski definition) is 3. The van der Waals surface area contributed by atoms with Crippen LogP contribution in [-0.2, 0) is 0 Å². The highest BCUT2D eigenvalue weighted by molar-refractivity contribution is 6.05. The lowest BCUT2D eigenvalue weighted by atomic mass is 10.0. The monoisotopic (exact) mass is 572 g/mol. The Morgan fingerprint density at radius 1 is 0.524 bits per heavy atom. The SMILES string of the molecule is C.CCCCC(CCC)Nc1ccc(Nc2ccccc2)cc1.CCCCCCCC.Nc1ccccc1.[B]C.[B]C. The van der Waals surface area contributed by atoms with Gasteiger partial charge in [-0.05, 0) is 61.4 Å². The summed E-state index contributed by atoms with van der Waals surface area (Å²) in [4.78, 5) is 0. The van der Waals surface area contributed by atoms with Gasteiger partial charge in [0.15, 0.2) is 0 Å². The first-order valence-electron chi connectivity index (χ1n) is 15.8. The summed E-state index contributed by atoms with van der Waals surface area (Å²) in [6.45, 7) is 12.0. The van der Waals surface area contributed by atoms with Gasteiger partial charge < -0.3 is 16.4 Å². The van der Waals surface area contributed by atoms with Gasteiger partial charge in [0.2, 0.25) is 0 Å². The van der Waals surface area contributed by atoms with Crippen LogP contribution in [0.2, 0.25) is 13.6 Å². The third-order valence-electron chi connectivity index (χ3n) is 6.12. The molecule has 0 fully saturated rings. The fourth-order valence-electron chi connectivity index (χ4n) is 3.97. The third-order valence-corrected chi connectivity index (χ3v) is 6.12. The van der Waals surface area contributed by atoms with Crippen molar-refractivity contribution < 1.29 is 0 Å². The largest absolute Gasteiger partial charge is 0.399 e. The second-order valence-electron chi connectivity index (χ2n) is 9.67. The average molecular weight is 572 g/mol. The summed E-state index contributed by atoms with van der Waals surface area (Å²) in [7, 11) is 9.00. The second kappa shape index (κ2) is 34.4. The summed E-state index contributed by atoms with van der Waals surface area (Å²) < 4.78 is 0. The van der Waals surface area contributed by atoms with Crippen molar-refractivity contribution in [2.45, 2.75) is 125 Å². The van der Waals surface area contributed by atoms with Gasteiger partial charge in [0.25, 0.3) is 0 Å². The van der Waals surface area contributed by atoms with Gasteiger partial charge in [-0.2, -0.15) is 0 Å². The number of anilines is 4. The van der Waals surface area contributed by atoms with Gasteiger partial charge in [0.05, 0.1) is 15.7 Å². The summed E-state index contributed by atoms with van der Waals surface area (Å²) in [6, 6.07) is 29.0. The summed E-state index contributed by atoms with van der Waals surface area (Å²) >= 11 is 0. The molecule has 0 aromatic heterocycles. The smallest absolute Gasteiger partial charge is 0.0606 e. The molecule has 1 atom stereocenters. The Morgan fingerprint density at radius 3 is 1.36 bits per heavy atom. The van der Waals surface area contributed by atoms with Gasteiger partial charge in [-0.15, -0.1) is 0 Å². The molecule has 3 nitrogen and oxygen atoms in total. The minimum absolute atomic E-state index is 0. The molecule has 0 saturated carbocycles. The highest BCUT2D eigenvalue weighted by Gasteiger charge is 2.07. The molecule has 3 aromatic rings. The molecule has 4 radical (unpaired) electrons. The quantitative estimate of drug-likeness (QED) is 0.102. The molecule has 0 aliphatic rings. The van der Waals surface area contributed by atoms with E-state index < -0.39 is 0 Å². The summed E-state index contributed by atoms with van der Waals surface area (Å²) in [5.41, 5.74) is 9.64. The highest BCUT2D eigenvalue weighted by atomic mass is 14.9. The topological polar surface area (TPSA) is 50.1 Å². The van der Waals surface area contributed by atoms with Crippen LogP contribution in [0.15, 0.2) is 84.9 Å². The van der Waals surface area contributed by atoms with Crippen LogP contribution in [-0.4, -0.2) is 21.7 Å². The molecule has 0 amide bonds. The molecule has 0 heterocycles. The Morgan fingerprint density at radius 2 is 0.952 bits per heavy atom. The molecular formula is C37H63B2N3. The minimum atomic E-state index is 0. The Balaban J connectivity index is -0.000000626. The van der Waals surface area contributed by atoms with Crippen molar-refractivity contribution in [1.82, 2.24) is 0 Å². The van der Waals surface area contributed by atoms with Crippen LogP contribution in [0.3, 0.4) is 0 Å². The summed E-state index contributed by atoms with van der Waals surface area (Å²) in [6.07, 6.45) is 14.8. The predicted molar refractivity (Wildman–Crippen MR) is 198 cm³/mol. The molecule has 4 N–H and O–H groups in total. The van der Waals surface area contributed by atoms with E-state index in [0.29, 0.717) is 6.04 Å². The van der Waals surface area contributed by atoms with Crippen LogP contribution in [0, 0.1) is 0 Å². The maximum atomic E-state index is 5.36. The average Bonchev–Trinajstić information content (AvgIpc) is 3.03. The van der Waals surface area contributed by atoms with Gasteiger partial charge in [0.1, 0.15) is 0 Å². The van der Waals surface area contributed by atoms with Gasteiger partial charge in [0, 0.05) is 28.8 Å². The lowest BCUT2D eigenvalue weighted by Crippen LogP contribution is -2.19. The van der Waals surface area contributed by atoms with Crippen molar-refractivity contribution in [2.75, 3.05) is 16.4 Å². The van der Waals surface area contributed by atoms with E-state index in [2.05, 4.69) is 90.4 Å². The van der Waals surface area contributed by atoms with Crippen LogP contribution in [0.1, 0.15) is 106 Å². The van der Waals surface area contributed by atoms with Crippen LogP contribution in [0.4, 0.5) is 22.7 Å². The lowest BCUT2D eigenvalue weighted by Gasteiger charge is -2.19. The number of nitrogens with two attached hydrogens (primary N) is 1. The maximum absolute atomic E-state index is 5.36. The number of para-hydroxylation sites is 2. The van der Waals surface area contributed by atoms with Crippen LogP contribution < -0.4 is 16.4 Å². The van der Waals surface area contributed by atoms with E-state index in [4.69, 9.17) is 5.73 Å². The van der Waals surface area contributed by atoms with Crippen LogP contribution >= 0.6 is 0 Å². The molecule has 0 aliphatic heterocycles. The predicted octanol–water partition coefficient (Wildman–Crippen LogP) is 11.9. The Labute approximate surface area is 264 Å². The van der Waals surface area contributed by atoms with E-state index in [1.165, 1.54) is 90.0 Å². The molecule has 1 unspecified atom stereocenters. The number of benzene rings is 3. The summed E-state index contributed by atoms with van der Waals surface area (Å²) in [5.74, 6) is 0. The number of rotatable bonds is 14. The Hall–Kier alpha value is -2.81. The van der Waals surface area contributed by atoms with Crippen molar-refractivity contribution in [1.29, 1.82) is 0 Å². The second-order valence-corrected chi connectivity index (χ2v) is 9.67. The summed E-state index contributed by atoms with van der Waals surface area (Å²) in [5, 5.41) is 7.09. The van der Waals surface area contributed by atoms with Crippen molar-refractivity contribution in [3.05, 3.63) is 84.9 Å². The molecule has 0 saturated heterocycles. The number of nitrogens with one attached hydrogen (secondary N) is 2. The van der Waals surface area contributed by atoms with Gasteiger partial charge >= 0.3 is 0 Å². The van der Waals surface area contributed by atoms with E-state index in [1.54, 1.807) is 0 Å². The van der Waals surface area contributed by atoms with Crippen molar-refractivity contribution in [2.24, 2.45) is 0 Å². The molecule has 3 rings (SSSR count). The van der Waals surface area contributed by atoms with E-state index >= 15 is 0 Å². The van der Waals surface area contributed by atoms with Gasteiger partial charge in [-0.1, -0.05) is 143 Å². The van der Waals surface area contributed by atoms with Crippen LogP contribution in [0.25, 0.3) is 0 Å². The first-order valence-corrected chi connectivity index (χ1v) is 15.8. The normalized spacial score (nSPS) is 9.76. The van der Waals surface area contributed by atoms with Gasteiger partial charge in [-0.3, -0.25) is 0 Å². The lowest BCUT2D eigenvalue weighted by molar-refractivity contribution is 0.564. The molecule has 42 heavy (non-hydrogen) atoms.